The van der Waals surface area contributed by atoms with Crippen LogP contribution in [0.5, 0.6) is 23.0 Å². The van der Waals surface area contributed by atoms with Gasteiger partial charge < -0.3 is 18.9 Å². The standard InChI is InChI=1S/C27H27N3O8/c1-3-15-36-22-10-6-20(7-11-22)27(32)38-24-14-5-19(16-25(24)35-4-2)17-28-29-26(31)18-37-23-12-8-21(9-13-23)30(33)34/h5-14,16-17H,3-4,15,18H2,1-2H3,(H,29,31)/b28-17-. The molecule has 1 N–H and O–H groups in total. The number of nitro benzene ring substituents is 1. The number of hydrogen-bond donors (Lipinski definition) is 1. The van der Waals surface area contributed by atoms with Crippen molar-refractivity contribution in [1.29, 1.82) is 0 Å². The topological polar surface area (TPSA) is 139 Å². The van der Waals surface area contributed by atoms with Gasteiger partial charge in [0.05, 0.1) is 29.9 Å². The predicted octanol–water partition coefficient (Wildman–Crippen LogP) is 4.53. The van der Waals surface area contributed by atoms with Gasteiger partial charge in [-0.05, 0) is 73.5 Å². The zero-order valence-corrected chi connectivity index (χ0v) is 20.9. The van der Waals surface area contributed by atoms with Crippen molar-refractivity contribution in [3.05, 3.63) is 88.0 Å². The highest BCUT2D eigenvalue weighted by Gasteiger charge is 2.14. The number of esters is 1. The van der Waals surface area contributed by atoms with Crippen molar-refractivity contribution in [3.8, 4) is 23.0 Å². The molecule has 198 valence electrons. The molecule has 0 heterocycles. The molecule has 3 aromatic rings. The van der Waals surface area contributed by atoms with E-state index >= 15 is 0 Å². The van der Waals surface area contributed by atoms with Gasteiger partial charge in [-0.1, -0.05) is 6.92 Å². The Kier molecular flexibility index (Phi) is 10.2. The third-order valence-corrected chi connectivity index (χ3v) is 4.85. The number of amides is 1. The van der Waals surface area contributed by atoms with Crippen molar-refractivity contribution >= 4 is 23.8 Å². The fourth-order valence-corrected chi connectivity index (χ4v) is 3.05. The van der Waals surface area contributed by atoms with Gasteiger partial charge in [0.2, 0.25) is 0 Å². The summed E-state index contributed by atoms with van der Waals surface area (Å²) in [4.78, 5) is 34.7. The number of nitrogens with one attached hydrogen (secondary N) is 1. The molecule has 0 atom stereocenters. The van der Waals surface area contributed by atoms with Crippen LogP contribution in [0.4, 0.5) is 5.69 Å². The average Bonchev–Trinajstić information content (AvgIpc) is 2.92. The first-order valence-corrected chi connectivity index (χ1v) is 11.8. The van der Waals surface area contributed by atoms with Crippen LogP contribution in [-0.2, 0) is 4.79 Å². The molecule has 0 spiro atoms. The number of hydrogen-bond acceptors (Lipinski definition) is 9. The van der Waals surface area contributed by atoms with Crippen LogP contribution in [0, 0.1) is 10.1 Å². The zero-order chi connectivity index (χ0) is 27.3. The van der Waals surface area contributed by atoms with Gasteiger partial charge in [0.1, 0.15) is 11.5 Å². The molecule has 0 radical (unpaired) electrons. The van der Waals surface area contributed by atoms with E-state index < -0.39 is 16.8 Å². The van der Waals surface area contributed by atoms with E-state index in [9.17, 15) is 19.7 Å². The van der Waals surface area contributed by atoms with Gasteiger partial charge in [-0.15, -0.1) is 0 Å². The van der Waals surface area contributed by atoms with Crippen LogP contribution in [0.15, 0.2) is 71.8 Å². The highest BCUT2D eigenvalue weighted by molar-refractivity contribution is 5.92. The third kappa shape index (κ3) is 8.33. The molecule has 11 nitrogen and oxygen atoms in total. The molecule has 3 aromatic carbocycles. The largest absolute Gasteiger partial charge is 0.494 e. The molecular weight excluding hydrogens is 494 g/mol. The average molecular weight is 522 g/mol. The normalized spacial score (nSPS) is 10.6. The van der Waals surface area contributed by atoms with Crippen molar-refractivity contribution in [3.63, 3.8) is 0 Å². The lowest BCUT2D eigenvalue weighted by molar-refractivity contribution is -0.384. The quantitative estimate of drug-likeness (QED) is 0.114. The molecule has 0 fully saturated rings. The number of non-ortho nitro benzene ring substituents is 1. The first kappa shape index (κ1) is 27.7. The van der Waals surface area contributed by atoms with Gasteiger partial charge in [-0.25, -0.2) is 10.2 Å². The molecule has 3 rings (SSSR count). The van der Waals surface area contributed by atoms with Crippen molar-refractivity contribution in [1.82, 2.24) is 5.43 Å². The van der Waals surface area contributed by atoms with E-state index in [-0.39, 0.29) is 18.0 Å². The summed E-state index contributed by atoms with van der Waals surface area (Å²) in [6, 6.07) is 16.9. The molecule has 38 heavy (non-hydrogen) atoms. The number of nitro groups is 1. The molecule has 0 unspecified atom stereocenters. The van der Waals surface area contributed by atoms with Crippen molar-refractivity contribution in [2.24, 2.45) is 5.10 Å². The van der Waals surface area contributed by atoms with E-state index in [1.165, 1.54) is 30.5 Å². The van der Waals surface area contributed by atoms with Gasteiger partial charge in [0, 0.05) is 12.1 Å². The van der Waals surface area contributed by atoms with Crippen molar-refractivity contribution in [2.45, 2.75) is 20.3 Å². The number of nitrogens with zero attached hydrogens (tertiary/aromatic N) is 2. The van der Waals surface area contributed by atoms with Gasteiger partial charge >= 0.3 is 5.97 Å². The molecule has 0 aliphatic carbocycles. The highest BCUT2D eigenvalue weighted by Crippen LogP contribution is 2.29. The van der Waals surface area contributed by atoms with Crippen LogP contribution < -0.4 is 24.4 Å². The summed E-state index contributed by atoms with van der Waals surface area (Å²) in [5.74, 6) is 0.478. The molecule has 0 aromatic heterocycles. The summed E-state index contributed by atoms with van der Waals surface area (Å²) >= 11 is 0. The summed E-state index contributed by atoms with van der Waals surface area (Å²) in [7, 11) is 0. The third-order valence-electron chi connectivity index (χ3n) is 4.85. The Morgan fingerprint density at radius 3 is 2.26 bits per heavy atom. The second kappa shape index (κ2) is 14.0. The Morgan fingerprint density at radius 2 is 1.61 bits per heavy atom. The first-order chi connectivity index (χ1) is 18.4. The number of carbonyl (C=O) groups excluding carboxylic acids is 2. The second-order valence-electron chi connectivity index (χ2n) is 7.73. The van der Waals surface area contributed by atoms with Crippen LogP contribution >= 0.6 is 0 Å². The van der Waals surface area contributed by atoms with E-state index in [1.807, 2.05) is 6.92 Å². The van der Waals surface area contributed by atoms with Gasteiger partial charge in [-0.2, -0.15) is 5.10 Å². The van der Waals surface area contributed by atoms with Crippen LogP contribution in [0.25, 0.3) is 0 Å². The summed E-state index contributed by atoms with van der Waals surface area (Å²) in [5.41, 5.74) is 3.20. The summed E-state index contributed by atoms with van der Waals surface area (Å²) in [6.07, 6.45) is 2.28. The summed E-state index contributed by atoms with van der Waals surface area (Å²) in [6.45, 7) is 4.41. The summed E-state index contributed by atoms with van der Waals surface area (Å²) < 4.78 is 21.9. The maximum absolute atomic E-state index is 12.6. The number of carbonyl (C=O) groups is 2. The number of ether oxygens (including phenoxy) is 4. The lowest BCUT2D eigenvalue weighted by Crippen LogP contribution is -2.24. The van der Waals surface area contributed by atoms with Gasteiger partial charge in [-0.3, -0.25) is 14.9 Å². The summed E-state index contributed by atoms with van der Waals surface area (Å²) in [5, 5.41) is 14.6. The fraction of sp³-hybridized carbons (Fsp3) is 0.222. The maximum atomic E-state index is 12.6. The van der Waals surface area contributed by atoms with Crippen molar-refractivity contribution in [2.75, 3.05) is 19.8 Å². The Labute approximate surface area is 219 Å². The fourth-order valence-electron chi connectivity index (χ4n) is 3.05. The molecule has 1 amide bonds. The Hall–Kier alpha value is -4.93. The van der Waals surface area contributed by atoms with E-state index in [2.05, 4.69) is 10.5 Å². The molecule has 0 saturated heterocycles. The van der Waals surface area contributed by atoms with E-state index in [1.54, 1.807) is 49.4 Å². The van der Waals surface area contributed by atoms with Crippen molar-refractivity contribution < 1.29 is 33.5 Å². The molecule has 0 aliphatic heterocycles. The Morgan fingerprint density at radius 1 is 0.921 bits per heavy atom. The molecular formula is C27H27N3O8. The van der Waals surface area contributed by atoms with Gasteiger partial charge in [0.25, 0.3) is 11.6 Å². The Balaban J connectivity index is 1.56. The van der Waals surface area contributed by atoms with Gasteiger partial charge in [0.15, 0.2) is 18.1 Å². The van der Waals surface area contributed by atoms with Crippen LogP contribution in [0.1, 0.15) is 36.2 Å². The minimum Gasteiger partial charge on any atom is -0.494 e. The Bertz CT molecular complexity index is 1270. The van der Waals surface area contributed by atoms with Crippen LogP contribution in [0.2, 0.25) is 0 Å². The lowest BCUT2D eigenvalue weighted by atomic mass is 10.2. The van der Waals surface area contributed by atoms with E-state index in [4.69, 9.17) is 18.9 Å². The minimum absolute atomic E-state index is 0.0785. The number of hydrazone groups is 1. The molecule has 0 saturated carbocycles. The van der Waals surface area contributed by atoms with E-state index in [0.717, 1.165) is 6.42 Å². The lowest BCUT2D eigenvalue weighted by Gasteiger charge is -2.12. The van der Waals surface area contributed by atoms with Crippen LogP contribution in [0.3, 0.4) is 0 Å². The minimum atomic E-state index is -0.547. The zero-order valence-electron chi connectivity index (χ0n) is 20.9. The number of benzene rings is 3. The smallest absolute Gasteiger partial charge is 0.343 e. The molecule has 0 aliphatic rings. The SMILES string of the molecule is CCCOc1ccc(C(=O)Oc2ccc(/C=N\NC(=O)COc3ccc([N+](=O)[O-])cc3)cc2OCC)cc1. The molecule has 0 bridgehead atoms. The first-order valence-electron chi connectivity index (χ1n) is 11.8. The highest BCUT2D eigenvalue weighted by atomic mass is 16.6. The maximum Gasteiger partial charge on any atom is 0.343 e. The second-order valence-corrected chi connectivity index (χ2v) is 7.73. The van der Waals surface area contributed by atoms with E-state index in [0.29, 0.717) is 41.6 Å². The van der Waals surface area contributed by atoms with Crippen LogP contribution in [-0.4, -0.2) is 42.8 Å². The number of rotatable bonds is 13. The predicted molar refractivity (Wildman–Crippen MR) is 139 cm³/mol. The molecule has 11 heteroatoms. The monoisotopic (exact) mass is 521 g/mol.